The van der Waals surface area contributed by atoms with Crippen LogP contribution in [0.2, 0.25) is 0 Å². The van der Waals surface area contributed by atoms with E-state index in [9.17, 15) is 14.0 Å². The Kier molecular flexibility index (Phi) is 3.64. The second-order valence-electron chi connectivity index (χ2n) is 4.28. The molecule has 2 aromatic heterocycles. The van der Waals surface area contributed by atoms with Gasteiger partial charge >= 0.3 is 5.97 Å². The lowest BCUT2D eigenvalue weighted by molar-refractivity contribution is -0.139. The van der Waals surface area contributed by atoms with E-state index >= 15 is 0 Å². The molecule has 1 amide bonds. The first-order valence-electron chi connectivity index (χ1n) is 5.77. The molecular formula is C12H12FN3O4. The average molecular weight is 281 g/mol. The fourth-order valence-electron chi connectivity index (χ4n) is 1.80. The normalized spacial score (nSPS) is 12.3. The lowest BCUT2D eigenvalue weighted by Gasteiger charge is -2.11. The Bertz CT molecular complexity index is 683. The van der Waals surface area contributed by atoms with Gasteiger partial charge in [-0.2, -0.15) is 0 Å². The molecule has 2 heterocycles. The predicted molar refractivity (Wildman–Crippen MR) is 66.1 cm³/mol. The van der Waals surface area contributed by atoms with Crippen LogP contribution in [0.25, 0.3) is 11.1 Å². The molecule has 0 radical (unpaired) electrons. The van der Waals surface area contributed by atoms with E-state index in [2.05, 4.69) is 15.5 Å². The predicted octanol–water partition coefficient (Wildman–Crippen LogP) is 0.992. The van der Waals surface area contributed by atoms with Crippen LogP contribution < -0.4 is 5.32 Å². The molecule has 2 aromatic rings. The second-order valence-corrected chi connectivity index (χ2v) is 4.28. The smallest absolute Gasteiger partial charge is 0.328 e. The van der Waals surface area contributed by atoms with Crippen molar-refractivity contribution < 1.29 is 23.6 Å². The molecule has 1 atom stereocenters. The molecule has 1 unspecified atom stereocenters. The van der Waals surface area contributed by atoms with Gasteiger partial charge in [-0.1, -0.05) is 5.16 Å². The van der Waals surface area contributed by atoms with Gasteiger partial charge in [-0.15, -0.1) is 0 Å². The van der Waals surface area contributed by atoms with Crippen LogP contribution in [0.1, 0.15) is 21.7 Å². The Morgan fingerprint density at radius 2 is 2.20 bits per heavy atom. The van der Waals surface area contributed by atoms with Gasteiger partial charge in [-0.05, 0) is 19.9 Å². The van der Waals surface area contributed by atoms with E-state index in [1.165, 1.54) is 6.07 Å². The summed E-state index contributed by atoms with van der Waals surface area (Å²) in [6.45, 7) is 2.08. The van der Waals surface area contributed by atoms with Crippen LogP contribution in [0.15, 0.2) is 10.6 Å². The van der Waals surface area contributed by atoms with Crippen LogP contribution in [-0.2, 0) is 4.79 Å². The van der Waals surface area contributed by atoms with E-state index < -0.39 is 24.6 Å². The minimum Gasteiger partial charge on any atom is -0.480 e. The van der Waals surface area contributed by atoms with Gasteiger partial charge in [0.15, 0.2) is 6.04 Å². The largest absolute Gasteiger partial charge is 0.480 e. The number of aliphatic carboxylic acids is 1. The first-order chi connectivity index (χ1) is 9.43. The molecule has 2 rings (SSSR count). The number of carboxylic acid groups (broad SMARTS) is 1. The summed E-state index contributed by atoms with van der Waals surface area (Å²) in [5.41, 5.74) is 1.29. The van der Waals surface area contributed by atoms with Crippen molar-refractivity contribution in [3.8, 4) is 0 Å². The van der Waals surface area contributed by atoms with Crippen LogP contribution in [0.4, 0.5) is 4.39 Å². The number of aromatic nitrogens is 2. The zero-order chi connectivity index (χ0) is 14.9. The van der Waals surface area contributed by atoms with Gasteiger partial charge in [0.25, 0.3) is 11.6 Å². The van der Waals surface area contributed by atoms with E-state index in [0.717, 1.165) is 0 Å². The minimum atomic E-state index is -1.59. The highest BCUT2D eigenvalue weighted by molar-refractivity contribution is 6.07. The number of nitrogens with zero attached hydrogens (tertiary/aromatic N) is 2. The zero-order valence-electron chi connectivity index (χ0n) is 10.8. The van der Waals surface area contributed by atoms with Crippen LogP contribution in [0.3, 0.4) is 0 Å². The maximum Gasteiger partial charge on any atom is 0.328 e. The molecule has 0 saturated heterocycles. The van der Waals surface area contributed by atoms with Crippen molar-refractivity contribution in [3.63, 3.8) is 0 Å². The summed E-state index contributed by atoms with van der Waals surface area (Å²) in [6.07, 6.45) is 0. The molecule has 8 heteroatoms. The van der Waals surface area contributed by atoms with Gasteiger partial charge in [-0.25, -0.2) is 14.2 Å². The lowest BCUT2D eigenvalue weighted by Crippen LogP contribution is -2.42. The number of aryl methyl sites for hydroxylation is 2. The number of carbonyl (C=O) groups is 2. The molecule has 0 aliphatic rings. The number of rotatable bonds is 4. The summed E-state index contributed by atoms with van der Waals surface area (Å²) in [6, 6.07) is -0.120. The molecule has 0 spiro atoms. The summed E-state index contributed by atoms with van der Waals surface area (Å²) < 4.78 is 17.5. The van der Waals surface area contributed by atoms with Gasteiger partial charge < -0.3 is 14.9 Å². The van der Waals surface area contributed by atoms with Gasteiger partial charge in [0.05, 0.1) is 16.6 Å². The fraction of sp³-hybridized carbons (Fsp3) is 0.333. The summed E-state index contributed by atoms with van der Waals surface area (Å²) >= 11 is 0. The number of fused-ring (bicyclic) bond motifs is 1. The first kappa shape index (κ1) is 13.9. The number of nitrogens with one attached hydrogen (secondary N) is 1. The molecule has 0 saturated carbocycles. The third kappa shape index (κ3) is 2.44. The highest BCUT2D eigenvalue weighted by atomic mass is 19.1. The Balaban J connectivity index is 2.44. The van der Waals surface area contributed by atoms with Crippen molar-refractivity contribution in [1.82, 2.24) is 15.5 Å². The van der Waals surface area contributed by atoms with Gasteiger partial charge in [0.1, 0.15) is 6.67 Å². The fourth-order valence-corrected chi connectivity index (χ4v) is 1.80. The van der Waals surface area contributed by atoms with Crippen molar-refractivity contribution in [2.75, 3.05) is 6.67 Å². The van der Waals surface area contributed by atoms with Crippen molar-refractivity contribution in [3.05, 3.63) is 23.0 Å². The summed E-state index contributed by atoms with van der Waals surface area (Å²) in [5, 5.41) is 15.0. The van der Waals surface area contributed by atoms with E-state index in [4.69, 9.17) is 9.63 Å². The quantitative estimate of drug-likeness (QED) is 0.865. The van der Waals surface area contributed by atoms with Crippen LogP contribution in [-0.4, -0.2) is 39.8 Å². The lowest BCUT2D eigenvalue weighted by atomic mass is 10.1. The van der Waals surface area contributed by atoms with Crippen molar-refractivity contribution in [2.24, 2.45) is 0 Å². The Labute approximate surface area is 112 Å². The Morgan fingerprint density at radius 1 is 1.50 bits per heavy atom. The highest BCUT2D eigenvalue weighted by Gasteiger charge is 2.23. The molecule has 106 valence electrons. The molecule has 20 heavy (non-hydrogen) atoms. The molecule has 0 aliphatic carbocycles. The van der Waals surface area contributed by atoms with Gasteiger partial charge in [-0.3, -0.25) is 4.79 Å². The third-order valence-electron chi connectivity index (χ3n) is 2.75. The van der Waals surface area contributed by atoms with E-state index in [1.807, 2.05) is 0 Å². The molecule has 0 bridgehead atoms. The average Bonchev–Trinajstić information content (AvgIpc) is 2.75. The van der Waals surface area contributed by atoms with E-state index in [0.29, 0.717) is 16.8 Å². The number of halogens is 1. The summed E-state index contributed by atoms with van der Waals surface area (Å²) in [4.78, 5) is 26.9. The van der Waals surface area contributed by atoms with Gasteiger partial charge in [0.2, 0.25) is 0 Å². The van der Waals surface area contributed by atoms with Crippen molar-refractivity contribution >= 4 is 23.0 Å². The van der Waals surface area contributed by atoms with Crippen LogP contribution in [0, 0.1) is 13.8 Å². The Hall–Kier alpha value is -2.51. The van der Waals surface area contributed by atoms with E-state index in [1.54, 1.807) is 13.8 Å². The zero-order valence-corrected chi connectivity index (χ0v) is 10.8. The molecule has 0 fully saturated rings. The van der Waals surface area contributed by atoms with Crippen LogP contribution in [0.5, 0.6) is 0 Å². The van der Waals surface area contributed by atoms with Crippen molar-refractivity contribution in [2.45, 2.75) is 19.9 Å². The Morgan fingerprint density at radius 3 is 2.80 bits per heavy atom. The number of carboxylic acids is 1. The number of amides is 1. The molecule has 7 nitrogen and oxygen atoms in total. The standard InChI is InChI=1S/C12H12FN3O4/c1-5-3-7(9-6(2)16-20-11(9)14-5)10(17)15-8(4-13)12(18)19/h3,8H,4H2,1-2H3,(H,15,17)(H,18,19). The van der Waals surface area contributed by atoms with E-state index in [-0.39, 0.29) is 11.3 Å². The molecule has 0 aliphatic heterocycles. The SMILES string of the molecule is Cc1cc(C(=O)NC(CF)C(=O)O)c2c(C)noc2n1. The first-order valence-corrected chi connectivity index (χ1v) is 5.77. The monoisotopic (exact) mass is 281 g/mol. The summed E-state index contributed by atoms with van der Waals surface area (Å²) in [7, 11) is 0. The van der Waals surface area contributed by atoms with Crippen molar-refractivity contribution in [1.29, 1.82) is 0 Å². The molecule has 0 aromatic carbocycles. The number of carbonyl (C=O) groups excluding carboxylic acids is 1. The number of alkyl halides is 1. The number of pyridine rings is 1. The maximum atomic E-state index is 12.6. The number of hydrogen-bond acceptors (Lipinski definition) is 5. The second kappa shape index (κ2) is 5.24. The highest BCUT2D eigenvalue weighted by Crippen LogP contribution is 2.21. The minimum absolute atomic E-state index is 0.158. The molecule has 2 N–H and O–H groups in total. The molecular weight excluding hydrogens is 269 g/mol. The van der Waals surface area contributed by atoms with Gasteiger partial charge in [0, 0.05) is 5.69 Å². The summed E-state index contributed by atoms with van der Waals surface area (Å²) in [5.74, 6) is -2.15. The third-order valence-corrected chi connectivity index (χ3v) is 2.75. The number of hydrogen-bond donors (Lipinski definition) is 2. The topological polar surface area (TPSA) is 105 Å². The van der Waals surface area contributed by atoms with Crippen LogP contribution >= 0.6 is 0 Å². The maximum absolute atomic E-state index is 12.6.